The lowest BCUT2D eigenvalue weighted by molar-refractivity contribution is -0.133. The van der Waals surface area contributed by atoms with Gasteiger partial charge in [-0.2, -0.15) is 0 Å². The van der Waals surface area contributed by atoms with Crippen LogP contribution in [0.2, 0.25) is 0 Å². The van der Waals surface area contributed by atoms with Crippen LogP contribution in [0.25, 0.3) is 0 Å². The third-order valence-electron chi connectivity index (χ3n) is 2.95. The number of ether oxygens (including phenoxy) is 1. The number of halogens is 2. The molecule has 0 spiro atoms. The van der Waals surface area contributed by atoms with Crippen LogP contribution in [0, 0.1) is 5.92 Å². The predicted octanol–water partition coefficient (Wildman–Crippen LogP) is 2.45. The van der Waals surface area contributed by atoms with Crippen LogP contribution in [0.5, 0.6) is 0 Å². The number of alkyl halides is 2. The van der Waals surface area contributed by atoms with Crippen molar-refractivity contribution in [2.45, 2.75) is 35.2 Å². The Hall–Kier alpha value is 0.330. The zero-order valence-corrected chi connectivity index (χ0v) is 11.2. The summed E-state index contributed by atoms with van der Waals surface area (Å²) in [4.78, 5) is 11.9. The smallest absolute Gasteiger partial charge is 0.169 e. The Balaban J connectivity index is 2.41. The second-order valence-corrected chi connectivity index (χ2v) is 6.39. The molecular formula is C10H12Br2O2. The van der Waals surface area contributed by atoms with Crippen molar-refractivity contribution >= 4 is 37.6 Å². The van der Waals surface area contributed by atoms with Gasteiger partial charge in [0, 0.05) is 0 Å². The van der Waals surface area contributed by atoms with Gasteiger partial charge in [0.1, 0.15) is 9.15 Å². The zero-order valence-electron chi connectivity index (χ0n) is 8.04. The van der Waals surface area contributed by atoms with Crippen LogP contribution < -0.4 is 0 Å². The highest BCUT2D eigenvalue weighted by molar-refractivity contribution is 9.11. The molecule has 0 radical (unpaired) electrons. The third kappa shape index (κ3) is 1.27. The second kappa shape index (κ2) is 3.42. The number of carbonyl (C=O) groups is 1. The molecule has 78 valence electrons. The van der Waals surface area contributed by atoms with Gasteiger partial charge in [-0.15, -0.1) is 0 Å². The van der Waals surface area contributed by atoms with Gasteiger partial charge in [-0.25, -0.2) is 0 Å². The van der Waals surface area contributed by atoms with Crippen LogP contribution in [-0.2, 0) is 9.53 Å². The lowest BCUT2D eigenvalue weighted by Crippen LogP contribution is -2.57. The predicted molar refractivity (Wildman–Crippen MR) is 62.0 cm³/mol. The van der Waals surface area contributed by atoms with Crippen molar-refractivity contribution in [3.63, 3.8) is 0 Å². The fraction of sp³-hybridized carbons (Fsp3) is 0.700. The maximum Gasteiger partial charge on any atom is 0.169 e. The van der Waals surface area contributed by atoms with Gasteiger partial charge in [0.2, 0.25) is 0 Å². The van der Waals surface area contributed by atoms with Crippen molar-refractivity contribution in [2.24, 2.45) is 5.92 Å². The molecule has 2 aliphatic rings. The highest BCUT2D eigenvalue weighted by atomic mass is 79.9. The van der Waals surface area contributed by atoms with E-state index in [0.29, 0.717) is 0 Å². The molecule has 0 amide bonds. The monoisotopic (exact) mass is 322 g/mol. The standard InChI is InChI=1S/C10H12Br2O2/c1-5(2)10(12)7-4-3-6(14-7)8(11)9(10)13/h3-8H,1-2H3/t6-,7+,8?,10+/m0/s1. The molecule has 0 aromatic carbocycles. The lowest BCUT2D eigenvalue weighted by atomic mass is 9.84. The van der Waals surface area contributed by atoms with Crippen molar-refractivity contribution in [1.29, 1.82) is 0 Å². The van der Waals surface area contributed by atoms with E-state index >= 15 is 0 Å². The Morgan fingerprint density at radius 1 is 1.50 bits per heavy atom. The first-order chi connectivity index (χ1) is 6.48. The molecule has 4 heteroatoms. The van der Waals surface area contributed by atoms with Crippen LogP contribution in [0.4, 0.5) is 0 Å². The second-order valence-electron chi connectivity index (χ2n) is 4.09. The highest BCUT2D eigenvalue weighted by Gasteiger charge is 2.56. The Bertz CT molecular complexity index is 300. The SMILES string of the molecule is CC(C)[C@]1(Br)C(=O)C(Br)[C@@H]2C=C[C@H]1O2. The Kier molecular flexibility index (Phi) is 2.65. The van der Waals surface area contributed by atoms with Gasteiger partial charge in [0.05, 0.1) is 12.2 Å². The van der Waals surface area contributed by atoms with Crippen LogP contribution in [0.1, 0.15) is 13.8 Å². The minimum atomic E-state index is -0.565. The molecule has 0 N–H and O–H groups in total. The number of rotatable bonds is 1. The fourth-order valence-electron chi connectivity index (χ4n) is 1.99. The Morgan fingerprint density at radius 2 is 2.14 bits per heavy atom. The Labute approximate surface area is 100 Å². The zero-order chi connectivity index (χ0) is 10.5. The third-order valence-corrected chi connectivity index (χ3v) is 5.64. The molecule has 2 bridgehead atoms. The van der Waals surface area contributed by atoms with Gasteiger partial charge >= 0.3 is 0 Å². The summed E-state index contributed by atoms with van der Waals surface area (Å²) in [6, 6.07) is 0. The average Bonchev–Trinajstić information content (AvgIpc) is 2.59. The molecule has 14 heavy (non-hydrogen) atoms. The number of fused-ring (bicyclic) bond motifs is 2. The van der Waals surface area contributed by atoms with E-state index in [-0.39, 0.29) is 28.7 Å². The molecule has 0 saturated carbocycles. The van der Waals surface area contributed by atoms with Crippen LogP contribution in [0.3, 0.4) is 0 Å². The van der Waals surface area contributed by atoms with Gasteiger partial charge in [-0.1, -0.05) is 57.9 Å². The van der Waals surface area contributed by atoms with Gasteiger partial charge in [0.25, 0.3) is 0 Å². The summed E-state index contributed by atoms with van der Waals surface area (Å²) in [6.45, 7) is 4.06. The first kappa shape index (κ1) is 10.8. The van der Waals surface area contributed by atoms with E-state index in [2.05, 4.69) is 31.9 Å². The molecule has 1 fully saturated rings. The quantitative estimate of drug-likeness (QED) is 0.547. The van der Waals surface area contributed by atoms with E-state index in [1.54, 1.807) is 0 Å². The van der Waals surface area contributed by atoms with E-state index in [9.17, 15) is 4.79 Å². The lowest BCUT2D eigenvalue weighted by Gasteiger charge is -2.41. The molecule has 0 aromatic heterocycles. The maximum absolute atomic E-state index is 12.1. The Morgan fingerprint density at radius 3 is 2.71 bits per heavy atom. The maximum atomic E-state index is 12.1. The van der Waals surface area contributed by atoms with E-state index in [4.69, 9.17) is 4.74 Å². The summed E-state index contributed by atoms with van der Waals surface area (Å²) in [5.74, 6) is 0.405. The number of Topliss-reactive ketones (excluding diaryl/α,β-unsaturated/α-hetero) is 1. The van der Waals surface area contributed by atoms with Crippen molar-refractivity contribution in [3.8, 4) is 0 Å². The van der Waals surface area contributed by atoms with Crippen LogP contribution >= 0.6 is 31.9 Å². The number of hydrogen-bond acceptors (Lipinski definition) is 2. The number of ketones is 1. The van der Waals surface area contributed by atoms with E-state index in [0.717, 1.165) is 0 Å². The highest BCUT2D eigenvalue weighted by Crippen LogP contribution is 2.45. The first-order valence-corrected chi connectivity index (χ1v) is 6.40. The summed E-state index contributed by atoms with van der Waals surface area (Å²) < 4.78 is 5.17. The first-order valence-electron chi connectivity index (χ1n) is 4.69. The number of carbonyl (C=O) groups excluding carboxylic acids is 1. The van der Waals surface area contributed by atoms with Gasteiger partial charge in [0.15, 0.2) is 5.78 Å². The van der Waals surface area contributed by atoms with Gasteiger partial charge in [-0.05, 0) is 5.92 Å². The van der Waals surface area contributed by atoms with Gasteiger partial charge < -0.3 is 4.74 Å². The average molecular weight is 324 g/mol. The summed E-state index contributed by atoms with van der Waals surface area (Å²) in [5, 5.41) is 0. The van der Waals surface area contributed by atoms with Gasteiger partial charge in [-0.3, -0.25) is 4.79 Å². The molecule has 2 aliphatic heterocycles. The van der Waals surface area contributed by atoms with Crippen LogP contribution in [0.15, 0.2) is 12.2 Å². The van der Waals surface area contributed by atoms with E-state index in [1.165, 1.54) is 0 Å². The molecule has 2 rings (SSSR count). The minimum Gasteiger partial charge on any atom is -0.363 e. The summed E-state index contributed by atoms with van der Waals surface area (Å²) in [6.07, 6.45) is 3.75. The molecule has 1 unspecified atom stereocenters. The fourth-order valence-corrected chi connectivity index (χ4v) is 3.48. The largest absolute Gasteiger partial charge is 0.363 e. The normalized spacial score (nSPS) is 46.4. The summed E-state index contributed by atoms with van der Waals surface area (Å²) in [7, 11) is 0. The van der Waals surface area contributed by atoms with E-state index < -0.39 is 4.32 Å². The van der Waals surface area contributed by atoms with E-state index in [1.807, 2.05) is 26.0 Å². The van der Waals surface area contributed by atoms with Crippen molar-refractivity contribution < 1.29 is 9.53 Å². The molecular weight excluding hydrogens is 312 g/mol. The number of hydrogen-bond donors (Lipinski definition) is 0. The molecule has 2 nitrogen and oxygen atoms in total. The topological polar surface area (TPSA) is 26.3 Å². The van der Waals surface area contributed by atoms with Crippen LogP contribution in [-0.4, -0.2) is 27.1 Å². The minimum absolute atomic E-state index is 0.0862. The molecule has 0 aliphatic carbocycles. The van der Waals surface area contributed by atoms with Crippen molar-refractivity contribution in [3.05, 3.63) is 12.2 Å². The molecule has 0 aromatic rings. The van der Waals surface area contributed by atoms with Crippen molar-refractivity contribution in [1.82, 2.24) is 0 Å². The van der Waals surface area contributed by atoms with Crippen molar-refractivity contribution in [2.75, 3.05) is 0 Å². The molecule has 4 atom stereocenters. The molecule has 1 saturated heterocycles. The summed E-state index contributed by atoms with van der Waals surface area (Å²) >= 11 is 6.96. The summed E-state index contributed by atoms with van der Waals surface area (Å²) in [5.41, 5.74) is 0. The molecule has 2 heterocycles.